The highest BCUT2D eigenvalue weighted by Gasteiger charge is 2.06. The number of unbranched alkanes of at least 4 members (excludes halogenated alkanes) is 1. The molecule has 0 saturated carbocycles. The summed E-state index contributed by atoms with van der Waals surface area (Å²) in [6, 6.07) is 5.85. The predicted octanol–water partition coefficient (Wildman–Crippen LogP) is 3.10. The van der Waals surface area contributed by atoms with Crippen molar-refractivity contribution in [2.24, 2.45) is 0 Å². The first-order valence-corrected chi connectivity index (χ1v) is 6.72. The Hall–Kier alpha value is -1.36. The van der Waals surface area contributed by atoms with Crippen LogP contribution in [0, 0.1) is 0 Å². The molecule has 0 atom stereocenters. The first-order chi connectivity index (χ1) is 8.38. The van der Waals surface area contributed by atoms with E-state index < -0.39 is 0 Å². The van der Waals surface area contributed by atoms with Gasteiger partial charge in [0.15, 0.2) is 5.82 Å². The lowest BCUT2D eigenvalue weighted by Crippen LogP contribution is -1.87. The van der Waals surface area contributed by atoms with Gasteiger partial charge in [0.25, 0.3) is 0 Å². The van der Waals surface area contributed by atoms with Gasteiger partial charge in [0.05, 0.1) is 10.8 Å². The van der Waals surface area contributed by atoms with Crippen molar-refractivity contribution in [3.63, 3.8) is 0 Å². The maximum Gasteiger partial charge on any atom is 0.226 e. The number of hydrogen-bond acceptors (Lipinski definition) is 5. The van der Waals surface area contributed by atoms with Gasteiger partial charge in [0, 0.05) is 12.6 Å². The Labute approximate surface area is 105 Å². The highest BCUT2D eigenvalue weighted by Crippen LogP contribution is 2.18. The van der Waals surface area contributed by atoms with Crippen LogP contribution in [0.2, 0.25) is 0 Å². The molecule has 0 aliphatic rings. The van der Waals surface area contributed by atoms with Crippen molar-refractivity contribution in [2.75, 3.05) is 0 Å². The zero-order chi connectivity index (χ0) is 11.9. The summed E-state index contributed by atoms with van der Waals surface area (Å²) in [7, 11) is 0. The van der Waals surface area contributed by atoms with Crippen molar-refractivity contribution in [2.45, 2.75) is 37.0 Å². The van der Waals surface area contributed by atoms with Crippen molar-refractivity contribution >= 4 is 11.8 Å². The van der Waals surface area contributed by atoms with Gasteiger partial charge in [0.2, 0.25) is 5.89 Å². The second-order valence-electron chi connectivity index (χ2n) is 3.66. The van der Waals surface area contributed by atoms with Gasteiger partial charge in [0.1, 0.15) is 0 Å². The standard InChI is InChI=1S/C12H15N3OS/c1-2-3-6-11-14-10(15-16-11)9-17-12-7-4-5-8-13-12/h4-5,7-8H,2-3,6,9H2,1H3. The van der Waals surface area contributed by atoms with Gasteiger partial charge in [-0.1, -0.05) is 36.3 Å². The SMILES string of the molecule is CCCCc1nc(CSc2ccccn2)no1. The number of rotatable bonds is 6. The summed E-state index contributed by atoms with van der Waals surface area (Å²) in [5.74, 6) is 2.18. The summed E-state index contributed by atoms with van der Waals surface area (Å²) >= 11 is 1.61. The maximum atomic E-state index is 5.16. The summed E-state index contributed by atoms with van der Waals surface area (Å²) in [5.41, 5.74) is 0. The second-order valence-corrected chi connectivity index (χ2v) is 4.66. The first-order valence-electron chi connectivity index (χ1n) is 5.74. The molecule has 90 valence electrons. The number of pyridine rings is 1. The van der Waals surface area contributed by atoms with Gasteiger partial charge in [-0.15, -0.1) is 0 Å². The zero-order valence-electron chi connectivity index (χ0n) is 9.80. The normalized spacial score (nSPS) is 10.6. The number of nitrogens with zero attached hydrogens (tertiary/aromatic N) is 3. The highest BCUT2D eigenvalue weighted by atomic mass is 32.2. The molecule has 4 nitrogen and oxygen atoms in total. The lowest BCUT2D eigenvalue weighted by atomic mass is 10.2. The molecule has 0 saturated heterocycles. The first kappa shape index (κ1) is 12.1. The van der Waals surface area contributed by atoms with Crippen molar-refractivity contribution in [3.8, 4) is 0 Å². The topological polar surface area (TPSA) is 51.8 Å². The lowest BCUT2D eigenvalue weighted by molar-refractivity contribution is 0.371. The number of aryl methyl sites for hydroxylation is 1. The Morgan fingerprint density at radius 3 is 3.06 bits per heavy atom. The maximum absolute atomic E-state index is 5.16. The van der Waals surface area contributed by atoms with E-state index in [1.807, 2.05) is 18.2 Å². The molecule has 0 radical (unpaired) electrons. The summed E-state index contributed by atoms with van der Waals surface area (Å²) in [6.45, 7) is 2.15. The fraction of sp³-hybridized carbons (Fsp3) is 0.417. The third-order valence-electron chi connectivity index (χ3n) is 2.24. The molecule has 0 aliphatic heterocycles. The van der Waals surface area contributed by atoms with Gasteiger partial charge in [-0.05, 0) is 18.6 Å². The largest absolute Gasteiger partial charge is 0.339 e. The second kappa shape index (κ2) is 6.39. The van der Waals surface area contributed by atoms with Crippen LogP contribution in [0.15, 0.2) is 33.9 Å². The third kappa shape index (κ3) is 3.85. The lowest BCUT2D eigenvalue weighted by Gasteiger charge is -1.95. The Balaban J connectivity index is 1.85. The highest BCUT2D eigenvalue weighted by molar-refractivity contribution is 7.98. The Morgan fingerprint density at radius 2 is 2.29 bits per heavy atom. The summed E-state index contributed by atoms with van der Waals surface area (Å²) in [5, 5.41) is 4.93. The van der Waals surface area contributed by atoms with E-state index in [1.165, 1.54) is 0 Å². The third-order valence-corrected chi connectivity index (χ3v) is 3.18. The van der Waals surface area contributed by atoms with Crippen LogP contribution in [0.3, 0.4) is 0 Å². The molecule has 2 rings (SSSR count). The molecule has 2 aromatic rings. The fourth-order valence-electron chi connectivity index (χ4n) is 1.35. The van der Waals surface area contributed by atoms with Gasteiger partial charge >= 0.3 is 0 Å². The monoisotopic (exact) mass is 249 g/mol. The fourth-order valence-corrected chi connectivity index (χ4v) is 2.05. The molecule has 5 heteroatoms. The molecule has 0 fully saturated rings. The molecular formula is C12H15N3OS. The molecule has 0 unspecified atom stereocenters. The van der Waals surface area contributed by atoms with Crippen LogP contribution < -0.4 is 0 Å². The van der Waals surface area contributed by atoms with Crippen LogP contribution in [0.1, 0.15) is 31.5 Å². The van der Waals surface area contributed by atoms with Crippen molar-refractivity contribution in [1.82, 2.24) is 15.1 Å². The number of hydrogen-bond donors (Lipinski definition) is 0. The van der Waals surface area contributed by atoms with Crippen molar-refractivity contribution in [1.29, 1.82) is 0 Å². The van der Waals surface area contributed by atoms with Crippen LogP contribution in [-0.2, 0) is 12.2 Å². The van der Waals surface area contributed by atoms with E-state index in [4.69, 9.17) is 4.52 Å². The van der Waals surface area contributed by atoms with E-state index in [0.29, 0.717) is 5.75 Å². The van der Waals surface area contributed by atoms with E-state index in [1.54, 1.807) is 18.0 Å². The minimum Gasteiger partial charge on any atom is -0.339 e. The van der Waals surface area contributed by atoms with E-state index in [9.17, 15) is 0 Å². The van der Waals surface area contributed by atoms with Crippen molar-refractivity contribution in [3.05, 3.63) is 36.1 Å². The predicted molar refractivity (Wildman–Crippen MR) is 66.7 cm³/mol. The molecular weight excluding hydrogens is 234 g/mol. The molecule has 17 heavy (non-hydrogen) atoms. The summed E-state index contributed by atoms with van der Waals surface area (Å²) in [6.07, 6.45) is 4.89. The zero-order valence-corrected chi connectivity index (χ0v) is 10.6. The van der Waals surface area contributed by atoms with Crippen LogP contribution in [0.4, 0.5) is 0 Å². The quantitative estimate of drug-likeness (QED) is 0.736. The van der Waals surface area contributed by atoms with E-state index in [0.717, 1.165) is 36.0 Å². The van der Waals surface area contributed by atoms with Crippen LogP contribution >= 0.6 is 11.8 Å². The molecule has 2 aromatic heterocycles. The number of aromatic nitrogens is 3. The Morgan fingerprint density at radius 1 is 1.35 bits per heavy atom. The number of thioether (sulfide) groups is 1. The smallest absolute Gasteiger partial charge is 0.226 e. The van der Waals surface area contributed by atoms with E-state index in [-0.39, 0.29) is 0 Å². The van der Waals surface area contributed by atoms with Crippen LogP contribution in [0.25, 0.3) is 0 Å². The van der Waals surface area contributed by atoms with Crippen LogP contribution in [0.5, 0.6) is 0 Å². The Kier molecular flexibility index (Phi) is 4.55. The summed E-state index contributed by atoms with van der Waals surface area (Å²) < 4.78 is 5.16. The average molecular weight is 249 g/mol. The Bertz CT molecular complexity index is 444. The molecule has 0 aliphatic carbocycles. The molecule has 0 aromatic carbocycles. The van der Waals surface area contributed by atoms with Gasteiger partial charge in [-0.25, -0.2) is 4.98 Å². The van der Waals surface area contributed by atoms with Crippen molar-refractivity contribution < 1.29 is 4.52 Å². The molecule has 0 N–H and O–H groups in total. The molecule has 2 heterocycles. The van der Waals surface area contributed by atoms with E-state index >= 15 is 0 Å². The molecule has 0 amide bonds. The molecule has 0 bridgehead atoms. The van der Waals surface area contributed by atoms with E-state index in [2.05, 4.69) is 22.0 Å². The van der Waals surface area contributed by atoms with Gasteiger partial charge < -0.3 is 4.52 Å². The van der Waals surface area contributed by atoms with Crippen LogP contribution in [-0.4, -0.2) is 15.1 Å². The molecule has 0 spiro atoms. The minimum atomic E-state index is 0.701. The average Bonchev–Trinajstić information content (AvgIpc) is 2.83. The van der Waals surface area contributed by atoms with Gasteiger partial charge in [-0.3, -0.25) is 0 Å². The summed E-state index contributed by atoms with van der Waals surface area (Å²) in [4.78, 5) is 8.56. The van der Waals surface area contributed by atoms with Gasteiger partial charge in [-0.2, -0.15) is 4.98 Å². The minimum absolute atomic E-state index is 0.701.